The molecule has 0 atom stereocenters. The first-order chi connectivity index (χ1) is 8.72. The van der Waals surface area contributed by atoms with Crippen molar-refractivity contribution in [3.63, 3.8) is 0 Å². The van der Waals surface area contributed by atoms with E-state index in [2.05, 4.69) is 28.2 Å². The Morgan fingerprint density at radius 2 is 2.17 bits per heavy atom. The van der Waals surface area contributed by atoms with E-state index in [-0.39, 0.29) is 12.5 Å². The Hall–Kier alpha value is -2.10. The van der Waals surface area contributed by atoms with Gasteiger partial charge < -0.3 is 14.7 Å². The van der Waals surface area contributed by atoms with Gasteiger partial charge in [0.2, 0.25) is 5.91 Å². The normalized spacial score (nSPS) is 10.5. The standard InChI is InChI=1S/C14H16N2O2/c1-16-10-11(6-7-14(18)15-8-9-17)12-4-2-3-5-13(12)16/h2-5,9-10H,6-8H2,1H3,(H,15,18). The van der Waals surface area contributed by atoms with Gasteiger partial charge in [0.1, 0.15) is 6.29 Å². The Labute approximate surface area is 106 Å². The number of benzene rings is 1. The molecule has 0 bridgehead atoms. The van der Waals surface area contributed by atoms with Crippen LogP contribution in [0.15, 0.2) is 30.5 Å². The van der Waals surface area contributed by atoms with E-state index >= 15 is 0 Å². The largest absolute Gasteiger partial charge is 0.350 e. The third-order valence-electron chi connectivity index (χ3n) is 2.98. The summed E-state index contributed by atoms with van der Waals surface area (Å²) in [5, 5.41) is 3.73. The van der Waals surface area contributed by atoms with Crippen molar-refractivity contribution in [1.29, 1.82) is 0 Å². The lowest BCUT2D eigenvalue weighted by molar-refractivity contribution is -0.122. The number of aldehydes is 1. The SMILES string of the molecule is Cn1cc(CCC(=O)NCC=O)c2ccccc21. The molecule has 0 radical (unpaired) electrons. The molecular weight excluding hydrogens is 228 g/mol. The zero-order valence-corrected chi connectivity index (χ0v) is 10.3. The molecule has 18 heavy (non-hydrogen) atoms. The first-order valence-electron chi connectivity index (χ1n) is 5.95. The molecule has 0 unspecified atom stereocenters. The van der Waals surface area contributed by atoms with E-state index in [1.807, 2.05) is 19.2 Å². The lowest BCUT2D eigenvalue weighted by Crippen LogP contribution is -2.25. The molecule has 0 fully saturated rings. The second-order valence-electron chi connectivity index (χ2n) is 4.25. The summed E-state index contributed by atoms with van der Waals surface area (Å²) < 4.78 is 2.06. The van der Waals surface area contributed by atoms with Crippen molar-refractivity contribution in [1.82, 2.24) is 9.88 Å². The number of hydrogen-bond acceptors (Lipinski definition) is 2. The van der Waals surface area contributed by atoms with Crippen LogP contribution in [-0.4, -0.2) is 23.3 Å². The number of para-hydroxylation sites is 1. The number of aryl methyl sites for hydroxylation is 2. The van der Waals surface area contributed by atoms with Crippen LogP contribution in [0.5, 0.6) is 0 Å². The van der Waals surface area contributed by atoms with Gasteiger partial charge in [0.05, 0.1) is 6.54 Å². The fraction of sp³-hybridized carbons (Fsp3) is 0.286. The average molecular weight is 244 g/mol. The molecule has 0 aliphatic carbocycles. The van der Waals surface area contributed by atoms with Crippen molar-refractivity contribution in [3.05, 3.63) is 36.0 Å². The molecule has 1 aromatic heterocycles. The number of amides is 1. The highest BCUT2D eigenvalue weighted by molar-refractivity contribution is 5.85. The first-order valence-corrected chi connectivity index (χ1v) is 5.95. The number of carbonyl (C=O) groups excluding carboxylic acids is 2. The van der Waals surface area contributed by atoms with Crippen molar-refractivity contribution >= 4 is 23.1 Å². The maximum Gasteiger partial charge on any atom is 0.220 e. The molecular formula is C14H16N2O2. The minimum Gasteiger partial charge on any atom is -0.350 e. The number of aromatic nitrogens is 1. The molecule has 4 nitrogen and oxygen atoms in total. The van der Waals surface area contributed by atoms with Crippen LogP contribution in [-0.2, 0) is 23.1 Å². The van der Waals surface area contributed by atoms with Gasteiger partial charge in [-0.05, 0) is 18.1 Å². The second-order valence-corrected chi connectivity index (χ2v) is 4.25. The fourth-order valence-electron chi connectivity index (χ4n) is 2.12. The summed E-state index contributed by atoms with van der Waals surface area (Å²) in [6, 6.07) is 8.13. The van der Waals surface area contributed by atoms with Crippen LogP contribution in [0.1, 0.15) is 12.0 Å². The molecule has 0 saturated carbocycles. The molecule has 2 rings (SSSR count). The van der Waals surface area contributed by atoms with E-state index in [0.29, 0.717) is 19.1 Å². The van der Waals surface area contributed by atoms with Crippen LogP contribution < -0.4 is 5.32 Å². The van der Waals surface area contributed by atoms with Crippen LogP contribution in [0.2, 0.25) is 0 Å². The highest BCUT2D eigenvalue weighted by Crippen LogP contribution is 2.21. The maximum atomic E-state index is 11.4. The minimum absolute atomic E-state index is 0.0879. The molecule has 0 aliphatic heterocycles. The number of hydrogen-bond donors (Lipinski definition) is 1. The van der Waals surface area contributed by atoms with Gasteiger partial charge in [0, 0.05) is 30.6 Å². The molecule has 4 heteroatoms. The van der Waals surface area contributed by atoms with Crippen LogP contribution in [0.3, 0.4) is 0 Å². The molecule has 0 saturated heterocycles. The molecule has 1 heterocycles. The summed E-state index contributed by atoms with van der Waals surface area (Å²) >= 11 is 0. The minimum atomic E-state index is -0.0879. The second kappa shape index (κ2) is 5.49. The lowest BCUT2D eigenvalue weighted by atomic mass is 10.1. The van der Waals surface area contributed by atoms with E-state index in [9.17, 15) is 9.59 Å². The summed E-state index contributed by atoms with van der Waals surface area (Å²) in [5.74, 6) is -0.0879. The molecule has 1 amide bonds. The molecule has 1 N–H and O–H groups in total. The van der Waals surface area contributed by atoms with E-state index in [1.54, 1.807) is 0 Å². The quantitative estimate of drug-likeness (QED) is 0.809. The van der Waals surface area contributed by atoms with Gasteiger partial charge >= 0.3 is 0 Å². The predicted octanol–water partition coefficient (Wildman–Crippen LogP) is 1.43. The Bertz CT molecular complexity index is 572. The van der Waals surface area contributed by atoms with Crippen molar-refractivity contribution in [2.45, 2.75) is 12.8 Å². The van der Waals surface area contributed by atoms with Gasteiger partial charge in [-0.1, -0.05) is 18.2 Å². The van der Waals surface area contributed by atoms with E-state index in [0.717, 1.165) is 5.56 Å². The Morgan fingerprint density at radius 3 is 2.94 bits per heavy atom. The highest BCUT2D eigenvalue weighted by Gasteiger charge is 2.07. The van der Waals surface area contributed by atoms with Gasteiger partial charge in [0.25, 0.3) is 0 Å². The van der Waals surface area contributed by atoms with E-state index < -0.39 is 0 Å². The Kier molecular flexibility index (Phi) is 3.77. The molecule has 0 aliphatic rings. The van der Waals surface area contributed by atoms with Gasteiger partial charge in [-0.15, -0.1) is 0 Å². The highest BCUT2D eigenvalue weighted by atomic mass is 16.2. The third kappa shape index (κ3) is 2.59. The fourth-order valence-corrected chi connectivity index (χ4v) is 2.12. The topological polar surface area (TPSA) is 51.1 Å². The zero-order chi connectivity index (χ0) is 13.0. The summed E-state index contributed by atoms with van der Waals surface area (Å²) in [4.78, 5) is 21.6. The lowest BCUT2D eigenvalue weighted by Gasteiger charge is -2.00. The smallest absolute Gasteiger partial charge is 0.220 e. The third-order valence-corrected chi connectivity index (χ3v) is 2.98. The van der Waals surface area contributed by atoms with Gasteiger partial charge in [-0.3, -0.25) is 4.79 Å². The number of carbonyl (C=O) groups is 2. The average Bonchev–Trinajstić information content (AvgIpc) is 2.71. The van der Waals surface area contributed by atoms with Crippen molar-refractivity contribution < 1.29 is 9.59 Å². The number of fused-ring (bicyclic) bond motifs is 1. The molecule has 2 aromatic rings. The Balaban J connectivity index is 2.08. The van der Waals surface area contributed by atoms with Crippen molar-refractivity contribution in [2.24, 2.45) is 7.05 Å². The van der Waals surface area contributed by atoms with Crippen LogP contribution in [0, 0.1) is 0 Å². The first kappa shape index (κ1) is 12.4. The summed E-state index contributed by atoms with van der Waals surface area (Å²) in [6.07, 6.45) is 3.83. The van der Waals surface area contributed by atoms with Gasteiger partial charge in [-0.25, -0.2) is 0 Å². The summed E-state index contributed by atoms with van der Waals surface area (Å²) in [7, 11) is 2.00. The number of nitrogens with one attached hydrogen (secondary N) is 1. The Morgan fingerprint density at radius 1 is 1.39 bits per heavy atom. The molecule has 0 spiro atoms. The summed E-state index contributed by atoms with van der Waals surface area (Å²) in [5.41, 5.74) is 2.33. The van der Waals surface area contributed by atoms with Gasteiger partial charge in [0.15, 0.2) is 0 Å². The van der Waals surface area contributed by atoms with Crippen LogP contribution >= 0.6 is 0 Å². The van der Waals surface area contributed by atoms with E-state index in [1.165, 1.54) is 10.9 Å². The number of rotatable bonds is 5. The van der Waals surface area contributed by atoms with Crippen molar-refractivity contribution in [3.8, 4) is 0 Å². The predicted molar refractivity (Wildman–Crippen MR) is 70.3 cm³/mol. The monoisotopic (exact) mass is 244 g/mol. The maximum absolute atomic E-state index is 11.4. The van der Waals surface area contributed by atoms with Crippen molar-refractivity contribution in [2.75, 3.05) is 6.54 Å². The molecule has 94 valence electrons. The van der Waals surface area contributed by atoms with Gasteiger partial charge in [-0.2, -0.15) is 0 Å². The molecule has 1 aromatic carbocycles. The number of nitrogens with zero attached hydrogens (tertiary/aromatic N) is 1. The van der Waals surface area contributed by atoms with Crippen LogP contribution in [0.25, 0.3) is 10.9 Å². The van der Waals surface area contributed by atoms with E-state index in [4.69, 9.17) is 0 Å². The summed E-state index contributed by atoms with van der Waals surface area (Å²) in [6.45, 7) is 0.0916. The zero-order valence-electron chi connectivity index (χ0n) is 10.3. The van der Waals surface area contributed by atoms with Crippen LogP contribution in [0.4, 0.5) is 0 Å².